The van der Waals surface area contributed by atoms with E-state index < -0.39 is 11.8 Å². The lowest BCUT2D eigenvalue weighted by molar-refractivity contribution is -0.115. The molecule has 6 nitrogen and oxygen atoms in total. The minimum absolute atomic E-state index is 0.106. The van der Waals surface area contributed by atoms with E-state index in [4.69, 9.17) is 4.52 Å². The number of alkyl halides is 2. The summed E-state index contributed by atoms with van der Waals surface area (Å²) in [4.78, 5) is 16.7. The number of thioether (sulfide) groups is 1. The van der Waals surface area contributed by atoms with Crippen molar-refractivity contribution in [2.75, 3.05) is 5.32 Å². The van der Waals surface area contributed by atoms with Gasteiger partial charge in [-0.3, -0.25) is 9.36 Å². The summed E-state index contributed by atoms with van der Waals surface area (Å²) < 4.78 is 32.7. The Morgan fingerprint density at radius 3 is 2.80 bits per heavy atom. The molecule has 3 rings (SSSR count). The minimum atomic E-state index is -2.74. The molecule has 1 atom stereocenters. The third-order valence-electron chi connectivity index (χ3n) is 3.55. The van der Waals surface area contributed by atoms with E-state index in [1.54, 1.807) is 44.2 Å². The predicted octanol–water partition coefficient (Wildman–Crippen LogP) is 4.24. The van der Waals surface area contributed by atoms with Gasteiger partial charge in [-0.05, 0) is 25.5 Å². The van der Waals surface area contributed by atoms with Crippen LogP contribution >= 0.6 is 11.8 Å². The summed E-state index contributed by atoms with van der Waals surface area (Å²) >= 11 is 1.00. The molecular weight excluding hydrogens is 350 g/mol. The van der Waals surface area contributed by atoms with E-state index >= 15 is 0 Å². The first-order valence-corrected chi connectivity index (χ1v) is 8.53. The first-order chi connectivity index (χ1) is 12.0. The summed E-state index contributed by atoms with van der Waals surface area (Å²) in [5.74, 6) is 0.521. The fourth-order valence-electron chi connectivity index (χ4n) is 2.38. The Morgan fingerprint density at radius 1 is 1.40 bits per heavy atom. The van der Waals surface area contributed by atoms with Crippen molar-refractivity contribution in [3.63, 3.8) is 0 Å². The number of para-hydroxylation sites is 2. The Bertz CT molecular complexity index is 893. The van der Waals surface area contributed by atoms with Gasteiger partial charge in [0.1, 0.15) is 5.76 Å². The van der Waals surface area contributed by atoms with Gasteiger partial charge in [0, 0.05) is 6.07 Å². The highest BCUT2D eigenvalue weighted by molar-refractivity contribution is 8.00. The second kappa shape index (κ2) is 7.22. The summed E-state index contributed by atoms with van der Waals surface area (Å²) in [6, 6.07) is 8.24. The summed E-state index contributed by atoms with van der Waals surface area (Å²) in [6.07, 6.45) is 0.444. The van der Waals surface area contributed by atoms with Gasteiger partial charge >= 0.3 is 6.55 Å². The summed E-state index contributed by atoms with van der Waals surface area (Å²) in [5.41, 5.74) is 0.801. The maximum Gasteiger partial charge on any atom is 0.321 e. The van der Waals surface area contributed by atoms with Crippen molar-refractivity contribution in [2.24, 2.45) is 0 Å². The van der Waals surface area contributed by atoms with Crippen LogP contribution < -0.4 is 5.32 Å². The van der Waals surface area contributed by atoms with Crippen LogP contribution in [-0.2, 0) is 4.79 Å². The molecule has 1 N–H and O–H groups in total. The second-order valence-electron chi connectivity index (χ2n) is 5.36. The van der Waals surface area contributed by atoms with Crippen molar-refractivity contribution in [2.45, 2.75) is 37.2 Å². The molecule has 0 aliphatic heterocycles. The molecule has 1 unspecified atom stereocenters. The van der Waals surface area contributed by atoms with Crippen LogP contribution in [-0.4, -0.2) is 25.9 Å². The fourth-order valence-corrected chi connectivity index (χ4v) is 3.41. The van der Waals surface area contributed by atoms with Gasteiger partial charge in [0.05, 0.1) is 16.3 Å². The zero-order valence-corrected chi connectivity index (χ0v) is 14.4. The lowest BCUT2D eigenvalue weighted by atomic mass is 10.3. The number of imidazole rings is 1. The van der Waals surface area contributed by atoms with Gasteiger partial charge in [0.25, 0.3) is 0 Å². The van der Waals surface area contributed by atoms with Crippen molar-refractivity contribution in [1.82, 2.24) is 14.7 Å². The first kappa shape index (κ1) is 17.4. The average molecular weight is 366 g/mol. The maximum absolute atomic E-state index is 13.5. The number of hydrogen-bond acceptors (Lipinski definition) is 5. The SMILES string of the molecule is CCC(Sc1nc2ccccc2n1C(F)F)C(=O)Nc1cc(C)on1. The number of carbonyl (C=O) groups excluding carboxylic acids is 1. The second-order valence-corrected chi connectivity index (χ2v) is 6.53. The largest absolute Gasteiger partial charge is 0.360 e. The molecule has 0 aliphatic carbocycles. The lowest BCUT2D eigenvalue weighted by Crippen LogP contribution is -2.25. The van der Waals surface area contributed by atoms with Crippen LogP contribution in [0.4, 0.5) is 14.6 Å². The molecule has 1 amide bonds. The van der Waals surface area contributed by atoms with Crippen LogP contribution in [0.3, 0.4) is 0 Å². The molecule has 9 heteroatoms. The summed E-state index contributed by atoms with van der Waals surface area (Å²) in [6.45, 7) is 0.772. The Labute approximate surface area is 146 Å². The molecule has 2 aromatic heterocycles. The smallest absolute Gasteiger partial charge is 0.321 e. The molecule has 2 heterocycles. The van der Waals surface area contributed by atoms with E-state index in [1.807, 2.05) is 0 Å². The maximum atomic E-state index is 13.5. The molecule has 0 saturated carbocycles. The molecular formula is C16H16F2N4O2S. The van der Waals surface area contributed by atoms with Crippen LogP contribution in [0.25, 0.3) is 11.0 Å². The molecule has 0 fully saturated rings. The van der Waals surface area contributed by atoms with E-state index in [9.17, 15) is 13.6 Å². The van der Waals surface area contributed by atoms with Crippen LogP contribution in [0.15, 0.2) is 40.0 Å². The molecule has 0 bridgehead atoms. The third kappa shape index (κ3) is 3.65. The number of fused-ring (bicyclic) bond motifs is 1. The van der Waals surface area contributed by atoms with Crippen molar-refractivity contribution < 1.29 is 18.1 Å². The highest BCUT2D eigenvalue weighted by atomic mass is 32.2. The number of anilines is 1. The number of amides is 1. The number of rotatable bonds is 6. The summed E-state index contributed by atoms with van der Waals surface area (Å²) in [7, 11) is 0. The van der Waals surface area contributed by atoms with Crippen LogP contribution in [0.1, 0.15) is 25.7 Å². The number of carbonyl (C=O) groups is 1. The molecule has 0 radical (unpaired) electrons. The van der Waals surface area contributed by atoms with Gasteiger partial charge in [0.2, 0.25) is 5.91 Å². The van der Waals surface area contributed by atoms with E-state index in [1.165, 1.54) is 0 Å². The highest BCUT2D eigenvalue weighted by Gasteiger charge is 2.25. The van der Waals surface area contributed by atoms with Gasteiger partial charge in [-0.1, -0.05) is 36.0 Å². The number of halogens is 2. The molecule has 132 valence electrons. The van der Waals surface area contributed by atoms with E-state index in [0.717, 1.165) is 16.3 Å². The molecule has 0 spiro atoms. The predicted molar refractivity (Wildman–Crippen MR) is 90.8 cm³/mol. The van der Waals surface area contributed by atoms with E-state index in [-0.39, 0.29) is 11.1 Å². The number of aryl methyl sites for hydroxylation is 1. The number of aromatic nitrogens is 3. The van der Waals surface area contributed by atoms with Gasteiger partial charge in [-0.15, -0.1) is 0 Å². The van der Waals surface area contributed by atoms with Gasteiger partial charge < -0.3 is 9.84 Å². The minimum Gasteiger partial charge on any atom is -0.360 e. The monoisotopic (exact) mass is 366 g/mol. The van der Waals surface area contributed by atoms with Crippen molar-refractivity contribution in [1.29, 1.82) is 0 Å². The Hall–Kier alpha value is -2.42. The van der Waals surface area contributed by atoms with Crippen molar-refractivity contribution in [3.05, 3.63) is 36.1 Å². The first-order valence-electron chi connectivity index (χ1n) is 7.65. The molecule has 1 aromatic carbocycles. The van der Waals surface area contributed by atoms with Gasteiger partial charge in [-0.25, -0.2) is 4.98 Å². The fraction of sp³-hybridized carbons (Fsp3) is 0.312. The van der Waals surface area contributed by atoms with Crippen molar-refractivity contribution in [3.8, 4) is 0 Å². The zero-order valence-electron chi connectivity index (χ0n) is 13.6. The van der Waals surface area contributed by atoms with Crippen LogP contribution in [0, 0.1) is 6.92 Å². The van der Waals surface area contributed by atoms with Crippen molar-refractivity contribution >= 4 is 34.5 Å². The number of benzene rings is 1. The van der Waals surface area contributed by atoms with Gasteiger partial charge in [0.15, 0.2) is 11.0 Å². The number of nitrogens with one attached hydrogen (secondary N) is 1. The normalized spacial score (nSPS) is 12.7. The van der Waals surface area contributed by atoms with Crippen LogP contribution in [0.2, 0.25) is 0 Å². The van der Waals surface area contributed by atoms with Gasteiger partial charge in [-0.2, -0.15) is 8.78 Å². The quantitative estimate of drug-likeness (QED) is 0.661. The Morgan fingerprint density at radius 2 is 2.16 bits per heavy atom. The molecule has 3 aromatic rings. The molecule has 0 aliphatic rings. The van der Waals surface area contributed by atoms with E-state index in [0.29, 0.717) is 29.0 Å². The molecule has 0 saturated heterocycles. The third-order valence-corrected chi connectivity index (χ3v) is 4.88. The number of nitrogens with zero attached hydrogens (tertiary/aromatic N) is 3. The molecule has 25 heavy (non-hydrogen) atoms. The summed E-state index contributed by atoms with van der Waals surface area (Å²) in [5, 5.41) is 5.84. The van der Waals surface area contributed by atoms with Crippen LogP contribution in [0.5, 0.6) is 0 Å². The number of hydrogen-bond donors (Lipinski definition) is 1. The topological polar surface area (TPSA) is 73.0 Å². The Kier molecular flexibility index (Phi) is 5.03. The zero-order chi connectivity index (χ0) is 18.0. The lowest BCUT2D eigenvalue weighted by Gasteiger charge is -2.14. The standard InChI is InChI=1S/C16H16F2N4O2S/c1-3-12(14(23)20-13-8-9(2)24-21-13)25-16-19-10-6-4-5-7-11(10)22(16)15(17)18/h4-8,12,15H,3H2,1-2H3,(H,20,21,23). The Balaban J connectivity index is 1.85. The average Bonchev–Trinajstić information content (AvgIpc) is 3.15. The highest BCUT2D eigenvalue weighted by Crippen LogP contribution is 2.32. The van der Waals surface area contributed by atoms with E-state index in [2.05, 4.69) is 15.5 Å².